The molecule has 0 aliphatic carbocycles. The zero-order chi connectivity index (χ0) is 17.9. The van der Waals surface area contributed by atoms with Crippen LogP contribution in [0, 0.1) is 6.92 Å². The number of ether oxygens (including phenoxy) is 1. The highest BCUT2D eigenvalue weighted by atomic mass is 32.1. The fourth-order valence-corrected chi connectivity index (χ4v) is 3.87. The molecule has 132 valence electrons. The Bertz CT molecular complexity index is 890. The average Bonchev–Trinajstić information content (AvgIpc) is 3.19. The van der Waals surface area contributed by atoms with Crippen molar-refractivity contribution in [2.75, 3.05) is 19.7 Å². The van der Waals surface area contributed by atoms with Crippen molar-refractivity contribution in [3.05, 3.63) is 76.8 Å². The summed E-state index contributed by atoms with van der Waals surface area (Å²) < 4.78 is 5.85. The average molecular weight is 364 g/mol. The lowest BCUT2D eigenvalue weighted by Crippen LogP contribution is -2.42. The topological polar surface area (TPSA) is 42.4 Å². The Labute approximate surface area is 157 Å². The molecule has 4 rings (SSSR count). The second-order valence-corrected chi connectivity index (χ2v) is 7.28. The van der Waals surface area contributed by atoms with Crippen LogP contribution in [0.4, 0.5) is 0 Å². The first-order valence-electron chi connectivity index (χ1n) is 8.69. The minimum absolute atomic E-state index is 0.0242. The first-order chi connectivity index (χ1) is 12.7. The molecular formula is C21H20N2O2S. The summed E-state index contributed by atoms with van der Waals surface area (Å²) in [5.41, 5.74) is 3.87. The molecule has 1 aliphatic heterocycles. The minimum Gasteiger partial charge on any atom is -0.370 e. The largest absolute Gasteiger partial charge is 0.370 e. The maximum atomic E-state index is 12.9. The van der Waals surface area contributed by atoms with E-state index in [1.54, 1.807) is 0 Å². The predicted molar refractivity (Wildman–Crippen MR) is 103 cm³/mol. The van der Waals surface area contributed by atoms with Gasteiger partial charge in [0.1, 0.15) is 16.8 Å². The van der Waals surface area contributed by atoms with Gasteiger partial charge in [-0.1, -0.05) is 60.2 Å². The molecule has 5 heteroatoms. The summed E-state index contributed by atoms with van der Waals surface area (Å²) in [4.78, 5) is 19.3. The SMILES string of the molecule is Cc1ccc(-c2nc(C(=O)N3CCOC(c4ccccc4)C3)cs2)cc1. The van der Waals surface area contributed by atoms with E-state index < -0.39 is 0 Å². The van der Waals surface area contributed by atoms with E-state index in [0.29, 0.717) is 25.4 Å². The van der Waals surface area contributed by atoms with E-state index in [4.69, 9.17) is 4.74 Å². The summed E-state index contributed by atoms with van der Waals surface area (Å²) >= 11 is 1.51. The number of amides is 1. The number of carbonyl (C=O) groups excluding carboxylic acids is 1. The molecule has 0 spiro atoms. The lowest BCUT2D eigenvalue weighted by Gasteiger charge is -2.32. The van der Waals surface area contributed by atoms with Gasteiger partial charge in [-0.3, -0.25) is 4.79 Å². The highest BCUT2D eigenvalue weighted by molar-refractivity contribution is 7.13. The Hall–Kier alpha value is -2.50. The first kappa shape index (κ1) is 16.9. The number of aromatic nitrogens is 1. The lowest BCUT2D eigenvalue weighted by atomic mass is 10.1. The zero-order valence-corrected chi connectivity index (χ0v) is 15.4. The van der Waals surface area contributed by atoms with Crippen LogP contribution in [0.1, 0.15) is 27.7 Å². The molecule has 26 heavy (non-hydrogen) atoms. The number of benzene rings is 2. The van der Waals surface area contributed by atoms with Crippen LogP contribution in [0.5, 0.6) is 0 Å². The second-order valence-electron chi connectivity index (χ2n) is 6.43. The molecule has 4 nitrogen and oxygen atoms in total. The maximum Gasteiger partial charge on any atom is 0.273 e. The molecule has 0 saturated carbocycles. The number of nitrogens with zero attached hydrogens (tertiary/aromatic N) is 2. The van der Waals surface area contributed by atoms with E-state index in [1.165, 1.54) is 16.9 Å². The summed E-state index contributed by atoms with van der Waals surface area (Å²) in [6.45, 7) is 3.75. The third-order valence-electron chi connectivity index (χ3n) is 4.55. The molecule has 1 aromatic heterocycles. The fraction of sp³-hybridized carbons (Fsp3) is 0.238. The lowest BCUT2D eigenvalue weighted by molar-refractivity contribution is -0.0229. The van der Waals surface area contributed by atoms with Gasteiger partial charge >= 0.3 is 0 Å². The van der Waals surface area contributed by atoms with Crippen LogP contribution < -0.4 is 0 Å². The molecule has 0 N–H and O–H groups in total. The van der Waals surface area contributed by atoms with Crippen LogP contribution in [0.3, 0.4) is 0 Å². The molecule has 1 aliphatic rings. The van der Waals surface area contributed by atoms with E-state index in [0.717, 1.165) is 16.1 Å². The van der Waals surface area contributed by atoms with E-state index in [9.17, 15) is 4.79 Å². The van der Waals surface area contributed by atoms with Gasteiger partial charge in [0.15, 0.2) is 0 Å². The van der Waals surface area contributed by atoms with Crippen LogP contribution in [0.2, 0.25) is 0 Å². The van der Waals surface area contributed by atoms with Crippen molar-refractivity contribution in [3.8, 4) is 10.6 Å². The molecule has 0 radical (unpaired) electrons. The van der Waals surface area contributed by atoms with Crippen molar-refractivity contribution < 1.29 is 9.53 Å². The number of thiazole rings is 1. The highest BCUT2D eigenvalue weighted by Crippen LogP contribution is 2.26. The van der Waals surface area contributed by atoms with Gasteiger partial charge in [-0.25, -0.2) is 4.98 Å². The van der Waals surface area contributed by atoms with Gasteiger partial charge in [0.25, 0.3) is 5.91 Å². The molecule has 1 atom stereocenters. The van der Waals surface area contributed by atoms with Crippen molar-refractivity contribution in [1.29, 1.82) is 0 Å². The van der Waals surface area contributed by atoms with Crippen LogP contribution in [0.25, 0.3) is 10.6 Å². The molecule has 2 aromatic carbocycles. The highest BCUT2D eigenvalue weighted by Gasteiger charge is 2.27. The molecule has 2 heterocycles. The normalized spacial score (nSPS) is 17.3. The fourth-order valence-electron chi connectivity index (χ4n) is 3.07. The van der Waals surface area contributed by atoms with E-state index in [1.807, 2.05) is 52.7 Å². The second kappa shape index (κ2) is 7.40. The molecule has 1 fully saturated rings. The number of rotatable bonds is 3. The summed E-state index contributed by atoms with van der Waals surface area (Å²) in [5, 5.41) is 2.73. The Morgan fingerprint density at radius 3 is 2.69 bits per heavy atom. The summed E-state index contributed by atoms with van der Waals surface area (Å²) in [5.74, 6) is -0.0242. The number of carbonyl (C=O) groups is 1. The van der Waals surface area contributed by atoms with Crippen molar-refractivity contribution in [1.82, 2.24) is 9.88 Å². The van der Waals surface area contributed by atoms with Crippen LogP contribution in [-0.2, 0) is 4.74 Å². The molecule has 1 unspecified atom stereocenters. The first-order valence-corrected chi connectivity index (χ1v) is 9.57. The number of hydrogen-bond acceptors (Lipinski definition) is 4. The van der Waals surface area contributed by atoms with Gasteiger partial charge in [0.2, 0.25) is 0 Å². The van der Waals surface area contributed by atoms with Gasteiger partial charge < -0.3 is 9.64 Å². The van der Waals surface area contributed by atoms with Crippen molar-refractivity contribution in [2.24, 2.45) is 0 Å². The van der Waals surface area contributed by atoms with Crippen molar-refractivity contribution >= 4 is 17.2 Å². The predicted octanol–water partition coefficient (Wildman–Crippen LogP) is 4.33. The van der Waals surface area contributed by atoms with Gasteiger partial charge in [0.05, 0.1) is 13.2 Å². The molecule has 0 bridgehead atoms. The van der Waals surface area contributed by atoms with E-state index >= 15 is 0 Å². The summed E-state index contributed by atoms with van der Waals surface area (Å²) in [6.07, 6.45) is -0.0795. The van der Waals surface area contributed by atoms with E-state index in [2.05, 4.69) is 24.0 Å². The molecule has 1 amide bonds. The van der Waals surface area contributed by atoms with Crippen LogP contribution in [0.15, 0.2) is 60.0 Å². The number of hydrogen-bond donors (Lipinski definition) is 0. The molecule has 1 saturated heterocycles. The van der Waals surface area contributed by atoms with Crippen molar-refractivity contribution in [2.45, 2.75) is 13.0 Å². The molecule has 3 aromatic rings. The summed E-state index contributed by atoms with van der Waals surface area (Å²) in [7, 11) is 0. The zero-order valence-electron chi connectivity index (χ0n) is 14.6. The van der Waals surface area contributed by atoms with Gasteiger partial charge in [-0.15, -0.1) is 11.3 Å². The van der Waals surface area contributed by atoms with Gasteiger partial charge in [0, 0.05) is 17.5 Å². The Kier molecular flexibility index (Phi) is 4.82. The Morgan fingerprint density at radius 2 is 1.92 bits per heavy atom. The standard InChI is InChI=1S/C21H20N2O2S/c1-15-7-9-17(10-8-15)20-22-18(14-26-20)21(24)23-11-12-25-19(13-23)16-5-3-2-4-6-16/h2-10,14,19H,11-13H2,1H3. The molecular weight excluding hydrogens is 344 g/mol. The van der Waals surface area contributed by atoms with Crippen LogP contribution in [-0.4, -0.2) is 35.5 Å². The third-order valence-corrected chi connectivity index (χ3v) is 5.44. The van der Waals surface area contributed by atoms with Gasteiger partial charge in [-0.05, 0) is 12.5 Å². The summed E-state index contributed by atoms with van der Waals surface area (Å²) in [6, 6.07) is 18.3. The number of aryl methyl sites for hydroxylation is 1. The number of morpholine rings is 1. The Morgan fingerprint density at radius 1 is 1.15 bits per heavy atom. The van der Waals surface area contributed by atoms with Crippen molar-refractivity contribution in [3.63, 3.8) is 0 Å². The van der Waals surface area contributed by atoms with Crippen LogP contribution >= 0.6 is 11.3 Å². The van der Waals surface area contributed by atoms with Gasteiger partial charge in [-0.2, -0.15) is 0 Å². The third kappa shape index (κ3) is 3.54. The maximum absolute atomic E-state index is 12.9. The quantitative estimate of drug-likeness (QED) is 0.695. The minimum atomic E-state index is -0.0795. The smallest absolute Gasteiger partial charge is 0.273 e. The Balaban J connectivity index is 1.50. The van der Waals surface area contributed by atoms with E-state index in [-0.39, 0.29) is 12.0 Å². The monoisotopic (exact) mass is 364 g/mol.